The quantitative estimate of drug-likeness (QED) is 0.648. The maximum Gasteiger partial charge on any atom is 0.262 e. The first-order valence-corrected chi connectivity index (χ1v) is 8.29. The molecule has 2 aromatic rings. The minimum atomic E-state index is -0.394. The molecular weight excluding hydrogens is 316 g/mol. The zero-order valence-corrected chi connectivity index (χ0v) is 14.1. The van der Waals surface area contributed by atoms with Gasteiger partial charge < -0.3 is 10.1 Å². The number of hydrogen-bond acceptors (Lipinski definition) is 4. The Labute approximate surface area is 146 Å². The van der Waals surface area contributed by atoms with E-state index in [-0.39, 0.29) is 11.7 Å². The number of nitrogens with zero attached hydrogens (tertiary/aromatic N) is 2. The normalized spacial score (nSPS) is 17.3. The van der Waals surface area contributed by atoms with Crippen LogP contribution in [0.4, 0.5) is 0 Å². The average molecular weight is 336 g/mol. The molecule has 1 saturated heterocycles. The van der Waals surface area contributed by atoms with Crippen molar-refractivity contribution in [3.8, 4) is 17.3 Å². The van der Waals surface area contributed by atoms with Crippen molar-refractivity contribution in [2.75, 3.05) is 13.2 Å². The highest BCUT2D eigenvalue weighted by atomic mass is 16.5. The van der Waals surface area contributed by atoms with Crippen LogP contribution in [0, 0.1) is 18.3 Å². The summed E-state index contributed by atoms with van der Waals surface area (Å²) in [7, 11) is 0. The second-order valence-electron chi connectivity index (χ2n) is 6.08. The maximum atomic E-state index is 12.3. The number of carbonyl (C=O) groups is 1. The van der Waals surface area contributed by atoms with Crippen LogP contribution >= 0.6 is 0 Å². The van der Waals surface area contributed by atoms with Gasteiger partial charge in [0.15, 0.2) is 0 Å². The van der Waals surface area contributed by atoms with E-state index < -0.39 is 5.91 Å². The number of benzene rings is 1. The molecule has 6 heteroatoms. The molecule has 2 N–H and O–H groups in total. The summed E-state index contributed by atoms with van der Waals surface area (Å²) in [5.41, 5.74) is 3.64. The second kappa shape index (κ2) is 7.77. The molecule has 25 heavy (non-hydrogen) atoms. The maximum absolute atomic E-state index is 12.3. The molecule has 1 atom stereocenters. The number of aromatic amines is 1. The highest BCUT2D eigenvalue weighted by Gasteiger charge is 2.18. The molecule has 6 nitrogen and oxygen atoms in total. The third-order valence-corrected chi connectivity index (χ3v) is 4.19. The minimum Gasteiger partial charge on any atom is -0.376 e. The fourth-order valence-electron chi connectivity index (χ4n) is 2.77. The Kier molecular flexibility index (Phi) is 5.26. The fourth-order valence-corrected chi connectivity index (χ4v) is 2.77. The van der Waals surface area contributed by atoms with Crippen LogP contribution in [0.1, 0.15) is 24.0 Å². The summed E-state index contributed by atoms with van der Waals surface area (Å²) in [5.74, 6) is -0.394. The molecule has 128 valence electrons. The van der Waals surface area contributed by atoms with Gasteiger partial charge >= 0.3 is 0 Å². The van der Waals surface area contributed by atoms with Gasteiger partial charge in [-0.2, -0.15) is 10.4 Å². The summed E-state index contributed by atoms with van der Waals surface area (Å²) in [6, 6.07) is 9.93. The molecular formula is C19H20N4O2. The van der Waals surface area contributed by atoms with Crippen molar-refractivity contribution in [2.45, 2.75) is 25.9 Å². The Hall–Kier alpha value is -2.91. The molecule has 0 radical (unpaired) electrons. The zero-order chi connectivity index (χ0) is 17.6. The van der Waals surface area contributed by atoms with Gasteiger partial charge in [-0.25, -0.2) is 0 Å². The summed E-state index contributed by atoms with van der Waals surface area (Å²) < 4.78 is 5.48. The topological polar surface area (TPSA) is 90.8 Å². The molecule has 1 unspecified atom stereocenters. The SMILES string of the molecule is Cc1ccc(-c2[nH]ncc2/C=C(/C#N)C(=O)NCC2CCCO2)cc1. The highest BCUT2D eigenvalue weighted by Crippen LogP contribution is 2.23. The molecule has 1 aliphatic rings. The molecule has 1 fully saturated rings. The first-order valence-electron chi connectivity index (χ1n) is 8.29. The number of hydrogen-bond donors (Lipinski definition) is 2. The Bertz CT molecular complexity index is 809. The van der Waals surface area contributed by atoms with Gasteiger partial charge in [0.25, 0.3) is 5.91 Å². The van der Waals surface area contributed by atoms with Gasteiger partial charge in [-0.1, -0.05) is 29.8 Å². The van der Waals surface area contributed by atoms with E-state index in [0.29, 0.717) is 12.1 Å². The van der Waals surface area contributed by atoms with Crippen molar-refractivity contribution < 1.29 is 9.53 Å². The molecule has 1 aromatic heterocycles. The van der Waals surface area contributed by atoms with Gasteiger partial charge in [-0.3, -0.25) is 9.89 Å². The Morgan fingerprint density at radius 3 is 2.96 bits per heavy atom. The first kappa shape index (κ1) is 16.9. The number of nitrogens with one attached hydrogen (secondary N) is 2. The predicted molar refractivity (Wildman–Crippen MR) is 94.3 cm³/mol. The van der Waals surface area contributed by atoms with E-state index in [4.69, 9.17) is 4.74 Å². The lowest BCUT2D eigenvalue weighted by molar-refractivity contribution is -0.117. The Morgan fingerprint density at radius 2 is 2.28 bits per heavy atom. The fraction of sp³-hybridized carbons (Fsp3) is 0.316. The van der Waals surface area contributed by atoms with E-state index in [2.05, 4.69) is 15.5 Å². The highest BCUT2D eigenvalue weighted by molar-refractivity contribution is 6.02. The number of nitriles is 1. The van der Waals surface area contributed by atoms with Crippen LogP contribution in [0.3, 0.4) is 0 Å². The lowest BCUT2D eigenvalue weighted by Crippen LogP contribution is -2.32. The summed E-state index contributed by atoms with van der Waals surface area (Å²) in [4.78, 5) is 12.3. The molecule has 0 saturated carbocycles. The molecule has 0 aliphatic carbocycles. The van der Waals surface area contributed by atoms with Gasteiger partial charge in [-0.05, 0) is 25.8 Å². The molecule has 3 rings (SSSR count). The molecule has 1 aliphatic heterocycles. The van der Waals surface area contributed by atoms with Gasteiger partial charge in [0, 0.05) is 24.3 Å². The number of H-pyrrole nitrogens is 1. The van der Waals surface area contributed by atoms with Crippen molar-refractivity contribution in [2.24, 2.45) is 0 Å². The van der Waals surface area contributed by atoms with Crippen LogP contribution in [0.5, 0.6) is 0 Å². The summed E-state index contributed by atoms with van der Waals surface area (Å²) in [6.07, 6.45) is 5.16. The molecule has 2 heterocycles. The van der Waals surface area contributed by atoms with Crippen molar-refractivity contribution in [1.29, 1.82) is 5.26 Å². The molecule has 1 aromatic carbocycles. The zero-order valence-electron chi connectivity index (χ0n) is 14.1. The van der Waals surface area contributed by atoms with Crippen LogP contribution in [0.15, 0.2) is 36.0 Å². The predicted octanol–water partition coefficient (Wildman–Crippen LogP) is 2.59. The summed E-state index contributed by atoms with van der Waals surface area (Å²) >= 11 is 0. The van der Waals surface area contributed by atoms with E-state index in [1.54, 1.807) is 12.3 Å². The lowest BCUT2D eigenvalue weighted by Gasteiger charge is -2.10. The standard InChI is InChI=1S/C19H20N4O2/c1-13-4-6-14(7-5-13)18-16(11-22-23-18)9-15(10-20)19(24)21-12-17-3-2-8-25-17/h4-7,9,11,17H,2-3,8,12H2,1H3,(H,21,24)(H,22,23)/b15-9-. The number of aromatic nitrogens is 2. The molecule has 0 spiro atoms. The lowest BCUT2D eigenvalue weighted by atomic mass is 10.0. The van der Waals surface area contributed by atoms with E-state index in [1.807, 2.05) is 37.3 Å². The van der Waals surface area contributed by atoms with E-state index in [9.17, 15) is 10.1 Å². The van der Waals surface area contributed by atoms with Crippen molar-refractivity contribution in [3.63, 3.8) is 0 Å². The van der Waals surface area contributed by atoms with Gasteiger partial charge in [0.2, 0.25) is 0 Å². The van der Waals surface area contributed by atoms with Crippen LogP contribution in [0.25, 0.3) is 17.3 Å². The van der Waals surface area contributed by atoms with E-state index in [0.717, 1.165) is 36.3 Å². The largest absolute Gasteiger partial charge is 0.376 e. The van der Waals surface area contributed by atoms with Crippen LogP contribution < -0.4 is 5.32 Å². The van der Waals surface area contributed by atoms with Crippen molar-refractivity contribution in [3.05, 3.63) is 47.2 Å². The number of rotatable bonds is 5. The van der Waals surface area contributed by atoms with Gasteiger partial charge in [0.05, 0.1) is 18.0 Å². The van der Waals surface area contributed by atoms with Crippen LogP contribution in [0.2, 0.25) is 0 Å². The minimum absolute atomic E-state index is 0.0425. The number of aryl methyl sites for hydroxylation is 1. The molecule has 1 amide bonds. The summed E-state index contributed by atoms with van der Waals surface area (Å²) in [5, 5.41) is 19.1. The smallest absolute Gasteiger partial charge is 0.262 e. The number of amides is 1. The monoisotopic (exact) mass is 336 g/mol. The number of ether oxygens (including phenoxy) is 1. The van der Waals surface area contributed by atoms with Crippen LogP contribution in [-0.4, -0.2) is 35.4 Å². The second-order valence-corrected chi connectivity index (χ2v) is 6.08. The average Bonchev–Trinajstić information content (AvgIpc) is 3.30. The molecule has 0 bridgehead atoms. The van der Waals surface area contributed by atoms with Gasteiger partial charge in [-0.15, -0.1) is 0 Å². The van der Waals surface area contributed by atoms with Gasteiger partial charge in [0.1, 0.15) is 11.6 Å². The summed E-state index contributed by atoms with van der Waals surface area (Å²) in [6.45, 7) is 3.17. The first-order chi connectivity index (χ1) is 12.2. The number of carbonyl (C=O) groups excluding carboxylic acids is 1. The Morgan fingerprint density at radius 1 is 1.48 bits per heavy atom. The van der Waals surface area contributed by atoms with E-state index >= 15 is 0 Å². The van der Waals surface area contributed by atoms with Crippen LogP contribution in [-0.2, 0) is 9.53 Å². The Balaban J connectivity index is 1.76. The van der Waals surface area contributed by atoms with Crippen molar-refractivity contribution in [1.82, 2.24) is 15.5 Å². The third kappa shape index (κ3) is 4.14. The van der Waals surface area contributed by atoms with E-state index in [1.165, 1.54) is 0 Å². The third-order valence-electron chi connectivity index (χ3n) is 4.19. The van der Waals surface area contributed by atoms with Crippen molar-refractivity contribution >= 4 is 12.0 Å².